The van der Waals surface area contributed by atoms with Gasteiger partial charge in [0.05, 0.1) is 17.0 Å². The molecule has 2 aromatic rings. The molecule has 9 heteroatoms. The number of nitrogens with zero attached hydrogens (tertiary/aromatic N) is 1. The number of H-pyrrole nitrogens is 1. The number of rotatable bonds is 2. The molecule has 1 aliphatic carbocycles. The van der Waals surface area contributed by atoms with Gasteiger partial charge in [-0.05, 0) is 28.7 Å². The molecule has 0 spiro atoms. The normalized spacial score (nSPS) is 23.9. The standard InChI is InChI=1S/C24H26N4O3S2/c1-24(2,3)13-5-6-14-16(9-13)32-22-19(14)21(30)27-20(28-22)23(31)33-11-18(29)26-15-8-12(10-25)4-7-17(15)33/h4-9,14,16,31H,10-11,25H2,1-3H3,(H,26,29)(H,27,28,30). The fourth-order valence-corrected chi connectivity index (χ4v) is 7.42. The molecule has 1 aromatic heterocycles. The van der Waals surface area contributed by atoms with Crippen LogP contribution in [-0.4, -0.2) is 37.0 Å². The number of carbonyl (C=O) groups excluding carboxylic acids is 1. The molecule has 7 nitrogen and oxygen atoms in total. The summed E-state index contributed by atoms with van der Waals surface area (Å²) in [4.78, 5) is 33.6. The van der Waals surface area contributed by atoms with Crippen molar-refractivity contribution in [2.24, 2.45) is 11.1 Å². The number of aliphatic hydroxyl groups is 1. The molecule has 33 heavy (non-hydrogen) atoms. The SMILES string of the molecule is CC(C)(C)C1=CC2Sc3nc(/C(O)=S4/CC(=O)Nc5cc(CN)ccc54)[nH]c(=O)c3C2C=C1. The third-order valence-electron chi connectivity index (χ3n) is 6.08. The van der Waals surface area contributed by atoms with Crippen LogP contribution in [0.1, 0.15) is 43.6 Å². The first kappa shape index (κ1) is 22.3. The highest BCUT2D eigenvalue weighted by atomic mass is 32.2. The van der Waals surface area contributed by atoms with Crippen LogP contribution in [0.15, 0.2) is 56.7 Å². The summed E-state index contributed by atoms with van der Waals surface area (Å²) in [6, 6.07) is 5.58. The number of anilines is 1. The summed E-state index contributed by atoms with van der Waals surface area (Å²) in [6.45, 7) is 6.86. The average molecular weight is 483 g/mol. The molecule has 172 valence electrons. The third kappa shape index (κ3) is 3.93. The monoisotopic (exact) mass is 482 g/mol. The summed E-state index contributed by atoms with van der Waals surface area (Å²) in [5, 5.41) is 14.7. The van der Waals surface area contributed by atoms with E-state index in [1.807, 2.05) is 18.2 Å². The van der Waals surface area contributed by atoms with Gasteiger partial charge in [0.25, 0.3) is 5.56 Å². The molecule has 0 saturated heterocycles. The van der Waals surface area contributed by atoms with E-state index in [9.17, 15) is 14.7 Å². The van der Waals surface area contributed by atoms with Gasteiger partial charge in [-0.15, -0.1) is 10.5 Å². The van der Waals surface area contributed by atoms with Crippen molar-refractivity contribution in [2.45, 2.75) is 48.4 Å². The highest BCUT2D eigenvalue weighted by Crippen LogP contribution is 2.48. The topological polar surface area (TPSA) is 121 Å². The van der Waals surface area contributed by atoms with Crippen molar-refractivity contribution in [1.29, 1.82) is 0 Å². The lowest BCUT2D eigenvalue weighted by atomic mass is 9.80. The molecule has 3 aliphatic rings. The van der Waals surface area contributed by atoms with Crippen molar-refractivity contribution in [1.82, 2.24) is 9.97 Å². The Morgan fingerprint density at radius 3 is 2.85 bits per heavy atom. The lowest BCUT2D eigenvalue weighted by Crippen LogP contribution is -2.25. The van der Waals surface area contributed by atoms with Gasteiger partial charge in [0.15, 0.2) is 5.82 Å². The van der Waals surface area contributed by atoms with Crippen molar-refractivity contribution in [2.75, 3.05) is 11.1 Å². The van der Waals surface area contributed by atoms with E-state index >= 15 is 0 Å². The molecule has 1 amide bonds. The summed E-state index contributed by atoms with van der Waals surface area (Å²) < 4.78 is 0. The van der Waals surface area contributed by atoms with E-state index in [0.29, 0.717) is 22.8 Å². The van der Waals surface area contributed by atoms with Crippen LogP contribution >= 0.6 is 22.2 Å². The van der Waals surface area contributed by atoms with E-state index in [-0.39, 0.29) is 44.7 Å². The number of hydrogen-bond acceptors (Lipinski definition) is 5. The molecule has 3 unspecified atom stereocenters. The van der Waals surface area contributed by atoms with Gasteiger partial charge in [-0.3, -0.25) is 9.59 Å². The predicted octanol–water partition coefficient (Wildman–Crippen LogP) is 3.64. The molecule has 1 aromatic carbocycles. The number of carbonyl (C=O) groups is 1. The van der Waals surface area contributed by atoms with E-state index in [1.54, 1.807) is 11.8 Å². The number of nitrogens with one attached hydrogen (secondary N) is 2. The van der Waals surface area contributed by atoms with Gasteiger partial charge in [-0.1, -0.05) is 56.8 Å². The second-order valence-electron chi connectivity index (χ2n) is 9.40. The number of aromatic amines is 1. The summed E-state index contributed by atoms with van der Waals surface area (Å²) in [5.41, 5.74) is 8.90. The molecule has 3 atom stereocenters. The number of aliphatic hydroxyl groups excluding tert-OH is 1. The number of nitrogens with two attached hydrogens (primary N) is 1. The van der Waals surface area contributed by atoms with Gasteiger partial charge >= 0.3 is 0 Å². The summed E-state index contributed by atoms with van der Waals surface area (Å²) in [7, 11) is -0.935. The lowest BCUT2D eigenvalue weighted by molar-refractivity contribution is -0.113. The van der Waals surface area contributed by atoms with Gasteiger partial charge in [0.2, 0.25) is 5.91 Å². The molecule has 3 heterocycles. The van der Waals surface area contributed by atoms with Crippen LogP contribution in [-0.2, 0) is 11.3 Å². The summed E-state index contributed by atoms with van der Waals surface area (Å²) in [6.07, 6.45) is 6.41. The van der Waals surface area contributed by atoms with Crippen molar-refractivity contribution < 1.29 is 9.90 Å². The molecular formula is C24H26N4O3S2. The van der Waals surface area contributed by atoms with Gasteiger partial charge in [0.1, 0.15) is 10.1 Å². The summed E-state index contributed by atoms with van der Waals surface area (Å²) >= 11 is 1.55. The molecule has 5 N–H and O–H groups in total. The first-order chi connectivity index (χ1) is 15.7. The fourth-order valence-electron chi connectivity index (χ4n) is 4.30. The second kappa shape index (κ2) is 8.09. The number of benzene rings is 1. The maximum Gasteiger partial charge on any atom is 0.256 e. The van der Waals surface area contributed by atoms with E-state index in [0.717, 1.165) is 10.5 Å². The van der Waals surface area contributed by atoms with Crippen LogP contribution < -0.4 is 16.6 Å². The Balaban J connectivity index is 1.57. The van der Waals surface area contributed by atoms with Crippen LogP contribution in [0.25, 0.3) is 0 Å². The molecule has 0 saturated carbocycles. The van der Waals surface area contributed by atoms with Crippen LogP contribution in [0.2, 0.25) is 0 Å². The number of amides is 1. The summed E-state index contributed by atoms with van der Waals surface area (Å²) in [5.74, 6) is -0.0106. The predicted molar refractivity (Wildman–Crippen MR) is 134 cm³/mol. The number of thioether (sulfide) groups is 1. The Kier molecular flexibility index (Phi) is 5.48. The Morgan fingerprint density at radius 2 is 2.12 bits per heavy atom. The molecule has 0 bridgehead atoms. The Hall–Kier alpha value is -2.46. The zero-order valence-corrected chi connectivity index (χ0v) is 20.3. The van der Waals surface area contributed by atoms with E-state index in [2.05, 4.69) is 54.3 Å². The Morgan fingerprint density at radius 1 is 1.33 bits per heavy atom. The number of aromatic nitrogens is 2. The van der Waals surface area contributed by atoms with E-state index in [4.69, 9.17) is 5.73 Å². The van der Waals surface area contributed by atoms with Gasteiger partial charge in [0, 0.05) is 22.6 Å². The first-order valence-corrected chi connectivity index (χ1v) is 13.0. The van der Waals surface area contributed by atoms with Crippen LogP contribution in [0.3, 0.4) is 0 Å². The van der Waals surface area contributed by atoms with E-state index < -0.39 is 10.5 Å². The van der Waals surface area contributed by atoms with E-state index in [1.165, 1.54) is 5.57 Å². The van der Waals surface area contributed by atoms with Crippen LogP contribution in [0.4, 0.5) is 5.69 Å². The minimum Gasteiger partial charge on any atom is -0.352 e. The largest absolute Gasteiger partial charge is 0.352 e. The van der Waals surface area contributed by atoms with Crippen molar-refractivity contribution in [3.05, 3.63) is 69.3 Å². The maximum absolute atomic E-state index is 13.1. The van der Waals surface area contributed by atoms with Crippen molar-refractivity contribution >= 4 is 38.9 Å². The molecule has 5 rings (SSSR count). The zero-order chi connectivity index (χ0) is 23.5. The van der Waals surface area contributed by atoms with Crippen LogP contribution in [0.5, 0.6) is 0 Å². The Labute approximate surface area is 198 Å². The van der Waals surface area contributed by atoms with Crippen LogP contribution in [0, 0.1) is 5.41 Å². The Bertz CT molecular complexity index is 1330. The van der Waals surface area contributed by atoms with Crippen molar-refractivity contribution in [3.63, 3.8) is 0 Å². The highest BCUT2D eigenvalue weighted by Gasteiger charge is 2.38. The molecule has 2 aliphatic heterocycles. The van der Waals surface area contributed by atoms with Gasteiger partial charge in [-0.25, -0.2) is 4.98 Å². The quantitative estimate of drug-likeness (QED) is 0.383. The highest BCUT2D eigenvalue weighted by molar-refractivity contribution is 8.16. The lowest BCUT2D eigenvalue weighted by Gasteiger charge is -2.26. The number of fused-ring (bicyclic) bond motifs is 4. The smallest absolute Gasteiger partial charge is 0.256 e. The minimum absolute atomic E-state index is 0.0215. The number of hydrogen-bond donors (Lipinski definition) is 4. The number of allylic oxidation sites excluding steroid dienone is 3. The fraction of sp³-hybridized carbons (Fsp3) is 0.333. The first-order valence-electron chi connectivity index (χ1n) is 10.8. The molecule has 0 fully saturated rings. The third-order valence-corrected chi connectivity index (χ3v) is 9.41. The molecular weight excluding hydrogens is 456 g/mol. The maximum atomic E-state index is 13.1. The average Bonchev–Trinajstić information content (AvgIpc) is 3.15. The van der Waals surface area contributed by atoms with Gasteiger partial charge < -0.3 is 21.1 Å². The van der Waals surface area contributed by atoms with Crippen molar-refractivity contribution in [3.8, 4) is 0 Å². The van der Waals surface area contributed by atoms with Gasteiger partial charge in [-0.2, -0.15) is 0 Å². The second-order valence-corrected chi connectivity index (χ2v) is 12.5. The minimum atomic E-state index is -0.935. The molecule has 0 radical (unpaired) electrons. The zero-order valence-electron chi connectivity index (χ0n) is 18.6.